The highest BCUT2D eigenvalue weighted by Crippen LogP contribution is 2.33. The molecule has 2 fully saturated rings. The second-order valence-electron chi connectivity index (χ2n) is 15.6. The van der Waals surface area contributed by atoms with Gasteiger partial charge in [0, 0.05) is 133 Å². The van der Waals surface area contributed by atoms with Crippen molar-refractivity contribution >= 4 is 44.7 Å². The van der Waals surface area contributed by atoms with Gasteiger partial charge in [-0.25, -0.2) is 29.0 Å². The Kier molecular flexibility index (Phi) is 9.31. The van der Waals surface area contributed by atoms with Gasteiger partial charge < -0.3 is 15.1 Å². The van der Waals surface area contributed by atoms with Crippen LogP contribution >= 0.6 is 0 Å². The van der Waals surface area contributed by atoms with E-state index in [4.69, 9.17) is 17.7 Å². The Labute approximate surface area is 360 Å². The molecule has 1 N–H and O–H groups in total. The van der Waals surface area contributed by atoms with Crippen molar-refractivity contribution in [3.8, 4) is 44.5 Å². The predicted molar refractivity (Wildman–Crippen MR) is 245 cm³/mol. The number of rotatable bonds is 6. The Morgan fingerprint density at radius 3 is 1.42 bits per heavy atom. The highest BCUT2D eigenvalue weighted by Gasteiger charge is 2.17. The molecule has 0 atom stereocenters. The summed E-state index contributed by atoms with van der Waals surface area (Å²) in [5, 5.41) is 14.4. The lowest BCUT2D eigenvalue weighted by Gasteiger charge is -2.28. The number of para-hydroxylation sites is 2. The van der Waals surface area contributed by atoms with E-state index in [-0.39, 0.29) is 12.3 Å². The number of hydrogen-bond donors (Lipinski definition) is 1. The highest BCUT2D eigenvalue weighted by molar-refractivity contribution is 5.98. The Morgan fingerprint density at radius 1 is 0.435 bits per heavy atom. The maximum Gasteiger partial charge on any atom is 0.162 e. The molecule has 0 radical (unpaired) electrons. The van der Waals surface area contributed by atoms with Crippen molar-refractivity contribution in [3.63, 3.8) is 0 Å². The molecule has 0 spiro atoms. The molecule has 2 aliphatic heterocycles. The van der Waals surface area contributed by atoms with Gasteiger partial charge in [0.1, 0.15) is 11.6 Å². The van der Waals surface area contributed by atoms with Crippen LogP contribution in [0, 0.1) is 0 Å². The lowest BCUT2D eigenvalue weighted by Crippen LogP contribution is -2.43. The van der Waals surface area contributed by atoms with Gasteiger partial charge in [-0.2, -0.15) is 10.2 Å². The molecule has 0 amide bonds. The number of fused-ring (bicyclic) bond motifs is 4. The first-order valence-corrected chi connectivity index (χ1v) is 21.1. The van der Waals surface area contributed by atoms with Gasteiger partial charge in [0.05, 0.1) is 26.2 Å². The number of nitrogens with zero attached hydrogens (tertiary/aromatic N) is 12. The van der Waals surface area contributed by atoms with Crippen LogP contribution in [0.5, 0.6) is 0 Å². The van der Waals surface area contributed by atoms with E-state index in [2.05, 4.69) is 64.5 Å². The molecule has 0 unspecified atom stereocenters. The fraction of sp³-hybridized carbons (Fsp3) is 0.184. The summed E-state index contributed by atoms with van der Waals surface area (Å²) < 4.78 is 19.8. The van der Waals surface area contributed by atoms with E-state index in [0.717, 1.165) is 129 Å². The van der Waals surface area contributed by atoms with Crippen LogP contribution < -0.4 is 15.1 Å². The highest BCUT2D eigenvalue weighted by atomic mass is 15.3. The quantitative estimate of drug-likeness (QED) is 0.174. The van der Waals surface area contributed by atoms with Crippen LogP contribution in [0.15, 0.2) is 147 Å². The monoisotopic (exact) mass is 815 g/mol. The molecule has 13 heteroatoms. The molecule has 2 aliphatic rings. The van der Waals surface area contributed by atoms with E-state index in [1.807, 2.05) is 91.9 Å². The number of hydrogen-bond acceptors (Lipinski definition) is 11. The second-order valence-corrected chi connectivity index (χ2v) is 15.6. The van der Waals surface area contributed by atoms with Crippen molar-refractivity contribution in [1.29, 1.82) is 0 Å². The van der Waals surface area contributed by atoms with Crippen molar-refractivity contribution in [2.75, 3.05) is 49.1 Å². The lowest BCUT2D eigenvalue weighted by atomic mass is 10.0. The minimum atomic E-state index is 0.227. The lowest BCUT2D eigenvalue weighted by molar-refractivity contribution is 0.573. The van der Waals surface area contributed by atoms with Crippen LogP contribution in [0.2, 0.25) is 0 Å². The molecule has 10 heterocycles. The maximum absolute atomic E-state index is 8.10. The molecular formula is C49H43N13. The van der Waals surface area contributed by atoms with Gasteiger partial charge in [-0.1, -0.05) is 36.4 Å². The zero-order chi connectivity index (χ0) is 43.0. The number of aromatic nitrogens is 10. The molecule has 0 bridgehead atoms. The summed E-state index contributed by atoms with van der Waals surface area (Å²) in [7, 11) is 0. The molecule has 10 aromatic rings. The number of anilines is 2. The van der Waals surface area contributed by atoms with E-state index in [1.165, 1.54) is 19.3 Å². The Balaban J connectivity index is 0.000000143. The first kappa shape index (κ1) is 35.1. The zero-order valence-corrected chi connectivity index (χ0v) is 33.9. The predicted octanol–water partition coefficient (Wildman–Crippen LogP) is 8.41. The number of benzene rings is 2. The van der Waals surface area contributed by atoms with Crippen LogP contribution in [0.25, 0.3) is 77.6 Å². The summed E-state index contributed by atoms with van der Waals surface area (Å²) in [5.41, 5.74) is 10.6. The molecule has 13 nitrogen and oxygen atoms in total. The van der Waals surface area contributed by atoms with Crippen molar-refractivity contribution in [2.24, 2.45) is 0 Å². The van der Waals surface area contributed by atoms with Gasteiger partial charge in [0.2, 0.25) is 0 Å². The molecule has 304 valence electrons. The topological polar surface area (TPSA) is 130 Å². The average molecular weight is 816 g/mol. The molecule has 2 aromatic carbocycles. The molecule has 0 aliphatic carbocycles. The van der Waals surface area contributed by atoms with Crippen molar-refractivity contribution in [1.82, 2.24) is 54.4 Å². The van der Waals surface area contributed by atoms with Crippen LogP contribution in [0.4, 0.5) is 11.6 Å². The summed E-state index contributed by atoms with van der Waals surface area (Å²) in [4.78, 5) is 32.1. The second kappa shape index (κ2) is 16.4. The van der Waals surface area contributed by atoms with Crippen LogP contribution in [-0.2, 0) is 0 Å². The SMILES string of the molecule is [2H]c1cc(-c2cnn3cc(-c4ccc(N5CCCCC5)nc4)cnc23)c2ccccc2n1.[2H]c1cc(-c2cnn3cc(-c4ccc(N5CCNCC5)nc4)cnc23)c2ccccc2n1. The van der Waals surface area contributed by atoms with Gasteiger partial charge in [0.25, 0.3) is 0 Å². The Bertz CT molecular complexity index is 3060. The summed E-state index contributed by atoms with van der Waals surface area (Å²) in [6.45, 7) is 6.08. The third-order valence-corrected chi connectivity index (χ3v) is 11.8. The average Bonchev–Trinajstić information content (AvgIpc) is 3.98. The number of nitrogens with one attached hydrogen (secondary N) is 1. The summed E-state index contributed by atoms with van der Waals surface area (Å²) in [5.74, 6) is 2.04. The zero-order valence-electron chi connectivity index (χ0n) is 35.9. The summed E-state index contributed by atoms with van der Waals surface area (Å²) >= 11 is 0. The number of piperidine rings is 1. The number of pyridine rings is 4. The van der Waals surface area contributed by atoms with Crippen molar-refractivity contribution < 1.29 is 2.74 Å². The molecular weight excluding hydrogens is 771 g/mol. The minimum absolute atomic E-state index is 0.227. The smallest absolute Gasteiger partial charge is 0.162 e. The molecule has 62 heavy (non-hydrogen) atoms. The van der Waals surface area contributed by atoms with Crippen LogP contribution in [0.3, 0.4) is 0 Å². The fourth-order valence-electron chi connectivity index (χ4n) is 8.46. The van der Waals surface area contributed by atoms with E-state index in [0.29, 0.717) is 0 Å². The minimum Gasteiger partial charge on any atom is -0.357 e. The largest absolute Gasteiger partial charge is 0.357 e. The Morgan fingerprint density at radius 2 is 0.919 bits per heavy atom. The van der Waals surface area contributed by atoms with Gasteiger partial charge in [-0.15, -0.1) is 0 Å². The van der Waals surface area contributed by atoms with Crippen molar-refractivity contribution in [3.05, 3.63) is 147 Å². The van der Waals surface area contributed by atoms with E-state index in [9.17, 15) is 0 Å². The van der Waals surface area contributed by atoms with Crippen molar-refractivity contribution in [2.45, 2.75) is 19.3 Å². The molecule has 12 rings (SSSR count). The van der Waals surface area contributed by atoms with Gasteiger partial charge in [-0.05, 0) is 78.9 Å². The molecule has 8 aromatic heterocycles. The van der Waals surface area contributed by atoms with E-state index in [1.54, 1.807) is 27.4 Å². The molecule has 2 saturated heterocycles. The number of piperazine rings is 1. The molecule has 0 saturated carbocycles. The first-order chi connectivity index (χ1) is 31.5. The third kappa shape index (κ3) is 7.21. The Hall–Kier alpha value is -7.64. The third-order valence-electron chi connectivity index (χ3n) is 11.8. The first-order valence-electron chi connectivity index (χ1n) is 22.1. The van der Waals surface area contributed by atoms with Crippen LogP contribution in [-0.4, -0.2) is 88.4 Å². The van der Waals surface area contributed by atoms with Gasteiger partial charge in [-0.3, -0.25) is 9.97 Å². The fourth-order valence-corrected chi connectivity index (χ4v) is 8.46. The summed E-state index contributed by atoms with van der Waals surface area (Å²) in [6, 6.07) is 27.6. The van der Waals surface area contributed by atoms with Gasteiger partial charge in [0.15, 0.2) is 11.3 Å². The summed E-state index contributed by atoms with van der Waals surface area (Å²) in [6.07, 6.45) is 19.3. The normalized spacial score (nSPS) is 14.8. The maximum atomic E-state index is 8.10. The van der Waals surface area contributed by atoms with Gasteiger partial charge >= 0.3 is 0 Å². The van der Waals surface area contributed by atoms with E-state index >= 15 is 0 Å². The standard InChI is InChI=1S/C25H22N6.C24H21N7/c1-4-12-30(13-5-1)24-9-8-18(14-27-24)19-15-28-25-22(16-29-31(25)17-19)20-10-11-26-23-7-3-2-6-21(20)23;1-2-4-22-20(3-1)19(7-8-26-22)21-15-29-31-16-18(14-28-24(21)31)17-5-6-23(27-13-17)30-11-9-25-10-12-30/h2-3,6-11,14-17H,1,4-5,12-13H2;1-8,13-16,25H,9-12H2/i11D;8D. The van der Waals surface area contributed by atoms with Crippen LogP contribution in [0.1, 0.15) is 22.0 Å². The van der Waals surface area contributed by atoms with E-state index < -0.39 is 0 Å².